The molecule has 7 heteroatoms. The predicted molar refractivity (Wildman–Crippen MR) is 62.6 cm³/mol. The number of aliphatic carboxylic acids is 1. The zero-order valence-electron chi connectivity index (χ0n) is 8.54. The Morgan fingerprint density at radius 2 is 2.29 bits per heavy atom. The molecule has 0 unspecified atom stereocenters. The fourth-order valence-electron chi connectivity index (χ4n) is 1.65. The van der Waals surface area contributed by atoms with Gasteiger partial charge in [0, 0.05) is 6.07 Å². The van der Waals surface area contributed by atoms with E-state index in [9.17, 15) is 14.0 Å². The molecule has 2 N–H and O–H groups in total. The van der Waals surface area contributed by atoms with Crippen LogP contribution in [-0.2, 0) is 9.59 Å². The van der Waals surface area contributed by atoms with Gasteiger partial charge in [-0.3, -0.25) is 9.59 Å². The molecule has 5 nitrogen and oxygen atoms in total. The van der Waals surface area contributed by atoms with Crippen LogP contribution in [0, 0.1) is 5.82 Å². The van der Waals surface area contributed by atoms with Crippen LogP contribution in [0.5, 0.6) is 0 Å². The Morgan fingerprint density at radius 3 is 2.94 bits per heavy atom. The number of carboxylic acid groups (broad SMARTS) is 1. The molecule has 90 valence electrons. The summed E-state index contributed by atoms with van der Waals surface area (Å²) >= 11 is 3.00. The Kier molecular flexibility index (Phi) is 3.01. The van der Waals surface area contributed by atoms with Crippen molar-refractivity contribution in [2.75, 3.05) is 23.3 Å². The molecule has 1 heterocycles. The average Bonchev–Trinajstić information content (AvgIpc) is 2.20. The third kappa shape index (κ3) is 2.38. The summed E-state index contributed by atoms with van der Waals surface area (Å²) < 4.78 is 13.6. The van der Waals surface area contributed by atoms with Gasteiger partial charge in [0.1, 0.15) is 12.4 Å². The second-order valence-electron chi connectivity index (χ2n) is 3.58. The van der Waals surface area contributed by atoms with E-state index in [0.717, 1.165) is 0 Å². The minimum atomic E-state index is -1.08. The van der Waals surface area contributed by atoms with E-state index in [2.05, 4.69) is 21.2 Å². The van der Waals surface area contributed by atoms with Crippen LogP contribution in [0.4, 0.5) is 15.8 Å². The van der Waals surface area contributed by atoms with Crippen molar-refractivity contribution in [2.45, 2.75) is 0 Å². The Balaban J connectivity index is 2.44. The summed E-state index contributed by atoms with van der Waals surface area (Å²) in [6.07, 6.45) is 0. The summed E-state index contributed by atoms with van der Waals surface area (Å²) in [4.78, 5) is 23.3. The molecule has 1 amide bonds. The molecule has 1 aliphatic heterocycles. The van der Waals surface area contributed by atoms with Gasteiger partial charge in [-0.15, -0.1) is 0 Å². The van der Waals surface area contributed by atoms with Crippen LogP contribution >= 0.6 is 15.9 Å². The molecule has 1 aliphatic rings. The van der Waals surface area contributed by atoms with Crippen molar-refractivity contribution < 1.29 is 19.1 Å². The highest BCUT2D eigenvalue weighted by atomic mass is 79.9. The number of rotatable bonds is 2. The summed E-state index contributed by atoms with van der Waals surface area (Å²) in [5.41, 5.74) is 0.767. The van der Waals surface area contributed by atoms with E-state index < -0.39 is 11.8 Å². The maximum Gasteiger partial charge on any atom is 0.323 e. The van der Waals surface area contributed by atoms with E-state index in [4.69, 9.17) is 5.11 Å². The van der Waals surface area contributed by atoms with Crippen LogP contribution in [0.25, 0.3) is 0 Å². The van der Waals surface area contributed by atoms with Crippen LogP contribution in [0.3, 0.4) is 0 Å². The molecule has 0 saturated heterocycles. The molecule has 1 aromatic carbocycles. The Labute approximate surface area is 104 Å². The maximum atomic E-state index is 13.4. The number of carboxylic acids is 1. The van der Waals surface area contributed by atoms with Gasteiger partial charge in [0.25, 0.3) is 0 Å². The molecule has 0 aromatic heterocycles. The van der Waals surface area contributed by atoms with Crippen LogP contribution < -0.4 is 10.2 Å². The number of anilines is 2. The van der Waals surface area contributed by atoms with Gasteiger partial charge in [0.2, 0.25) is 5.91 Å². The molecular formula is C10H8BrFN2O3. The number of hydrogen-bond donors (Lipinski definition) is 2. The van der Waals surface area contributed by atoms with Crippen molar-refractivity contribution in [3.63, 3.8) is 0 Å². The molecule has 2 rings (SSSR count). The number of benzene rings is 1. The first-order valence-corrected chi connectivity index (χ1v) is 5.52. The number of fused-ring (bicyclic) bond motifs is 1. The largest absolute Gasteiger partial charge is 0.480 e. The van der Waals surface area contributed by atoms with Crippen molar-refractivity contribution in [3.05, 3.63) is 22.4 Å². The van der Waals surface area contributed by atoms with Gasteiger partial charge in [-0.25, -0.2) is 4.39 Å². The molecule has 0 fully saturated rings. The maximum absolute atomic E-state index is 13.4. The molecule has 0 aliphatic carbocycles. The van der Waals surface area contributed by atoms with Crippen molar-refractivity contribution in [3.8, 4) is 0 Å². The molecule has 0 spiro atoms. The zero-order chi connectivity index (χ0) is 12.6. The molecule has 17 heavy (non-hydrogen) atoms. The molecule has 0 radical (unpaired) electrons. The third-order valence-corrected chi connectivity index (χ3v) is 2.92. The Morgan fingerprint density at radius 1 is 1.59 bits per heavy atom. The standard InChI is InChI=1S/C10H8BrFN2O3/c11-5-1-7-8(2-6(5)12)14(4-10(16)17)3-9(15)13-7/h1-2H,3-4H2,(H,13,15)(H,16,17). The molecule has 0 atom stereocenters. The van der Waals surface area contributed by atoms with Gasteiger partial charge in [0.05, 0.1) is 22.4 Å². The second kappa shape index (κ2) is 4.33. The lowest BCUT2D eigenvalue weighted by Crippen LogP contribution is -2.41. The van der Waals surface area contributed by atoms with Crippen molar-refractivity contribution in [1.82, 2.24) is 0 Å². The highest BCUT2D eigenvalue weighted by Crippen LogP contribution is 2.33. The van der Waals surface area contributed by atoms with Gasteiger partial charge in [-0.1, -0.05) is 0 Å². The summed E-state index contributed by atoms with van der Waals surface area (Å²) in [6.45, 7) is -0.443. The molecule has 0 saturated carbocycles. The Bertz CT molecular complexity index is 507. The van der Waals surface area contributed by atoms with Gasteiger partial charge in [0.15, 0.2) is 0 Å². The zero-order valence-corrected chi connectivity index (χ0v) is 10.1. The molecule has 1 aromatic rings. The highest BCUT2D eigenvalue weighted by Gasteiger charge is 2.24. The number of nitrogens with one attached hydrogen (secondary N) is 1. The first kappa shape index (κ1) is 11.8. The van der Waals surface area contributed by atoms with Crippen molar-refractivity contribution in [2.24, 2.45) is 0 Å². The fourth-order valence-corrected chi connectivity index (χ4v) is 1.99. The summed E-state index contributed by atoms with van der Waals surface area (Å²) in [7, 11) is 0. The average molecular weight is 303 g/mol. The first-order chi connectivity index (χ1) is 7.97. The quantitative estimate of drug-likeness (QED) is 0.867. The van der Waals surface area contributed by atoms with E-state index in [1.807, 2.05) is 0 Å². The number of nitrogens with zero attached hydrogens (tertiary/aromatic N) is 1. The lowest BCUT2D eigenvalue weighted by molar-refractivity contribution is -0.135. The summed E-state index contributed by atoms with van der Waals surface area (Å²) in [5.74, 6) is -1.90. The van der Waals surface area contributed by atoms with Crippen molar-refractivity contribution in [1.29, 1.82) is 0 Å². The SMILES string of the molecule is O=C(O)CN1CC(=O)Nc2cc(Br)c(F)cc21. The summed E-state index contributed by atoms with van der Waals surface area (Å²) in [5, 5.41) is 11.3. The minimum absolute atomic E-state index is 0.0969. The van der Waals surface area contributed by atoms with E-state index in [-0.39, 0.29) is 23.5 Å². The van der Waals surface area contributed by atoms with E-state index in [1.54, 1.807) is 0 Å². The first-order valence-electron chi connectivity index (χ1n) is 4.73. The number of carbonyl (C=O) groups excluding carboxylic acids is 1. The van der Waals surface area contributed by atoms with Gasteiger partial charge in [-0.2, -0.15) is 0 Å². The number of carbonyl (C=O) groups is 2. The lowest BCUT2D eigenvalue weighted by Gasteiger charge is -2.29. The smallest absolute Gasteiger partial charge is 0.323 e. The van der Waals surface area contributed by atoms with Crippen LogP contribution in [0.1, 0.15) is 0 Å². The van der Waals surface area contributed by atoms with Gasteiger partial charge in [-0.05, 0) is 22.0 Å². The lowest BCUT2D eigenvalue weighted by atomic mass is 10.2. The minimum Gasteiger partial charge on any atom is -0.480 e. The fraction of sp³-hybridized carbons (Fsp3) is 0.200. The van der Waals surface area contributed by atoms with Crippen LogP contribution in [0.2, 0.25) is 0 Å². The number of hydrogen-bond acceptors (Lipinski definition) is 3. The van der Waals surface area contributed by atoms with E-state index in [0.29, 0.717) is 11.4 Å². The Hall–Kier alpha value is -1.63. The molecule has 0 bridgehead atoms. The normalized spacial score (nSPS) is 14.2. The number of amides is 1. The van der Waals surface area contributed by atoms with Crippen LogP contribution in [-0.4, -0.2) is 30.1 Å². The highest BCUT2D eigenvalue weighted by molar-refractivity contribution is 9.10. The van der Waals surface area contributed by atoms with Crippen LogP contribution in [0.15, 0.2) is 16.6 Å². The van der Waals surface area contributed by atoms with Gasteiger partial charge >= 0.3 is 5.97 Å². The number of halogens is 2. The van der Waals surface area contributed by atoms with E-state index >= 15 is 0 Å². The predicted octanol–water partition coefficient (Wildman–Crippen LogP) is 1.43. The monoisotopic (exact) mass is 302 g/mol. The topological polar surface area (TPSA) is 69.6 Å². The molecular weight excluding hydrogens is 295 g/mol. The van der Waals surface area contributed by atoms with E-state index in [1.165, 1.54) is 17.0 Å². The van der Waals surface area contributed by atoms with Gasteiger partial charge < -0.3 is 15.3 Å². The second-order valence-corrected chi connectivity index (χ2v) is 4.44. The van der Waals surface area contributed by atoms with Crippen molar-refractivity contribution >= 4 is 39.2 Å². The summed E-state index contributed by atoms with van der Waals surface area (Å²) in [6, 6.07) is 2.61. The third-order valence-electron chi connectivity index (χ3n) is 2.31.